The molecule has 1 atom stereocenters. The average molecular weight is 467 g/mol. The largest absolute Gasteiger partial charge is 0.444 e. The first kappa shape index (κ1) is 23.7. The number of nitrogens with zero attached hydrogens (tertiary/aromatic N) is 1. The van der Waals surface area contributed by atoms with Gasteiger partial charge in [-0.3, -0.25) is 4.79 Å². The number of likely N-dealkylation sites (tertiary alicyclic amines) is 1. The number of amides is 2. The van der Waals surface area contributed by atoms with Crippen LogP contribution >= 0.6 is 11.8 Å². The lowest BCUT2D eigenvalue weighted by atomic mass is 9.88. The summed E-state index contributed by atoms with van der Waals surface area (Å²) in [5.74, 6) is 0.718. The molecule has 2 aliphatic heterocycles. The normalized spacial score (nSPS) is 18.7. The predicted octanol–water partition coefficient (Wildman–Crippen LogP) is 5.44. The Morgan fingerprint density at radius 3 is 2.55 bits per heavy atom. The summed E-state index contributed by atoms with van der Waals surface area (Å²) in [6, 6.07) is 14.8. The summed E-state index contributed by atoms with van der Waals surface area (Å²) < 4.78 is 5.32. The Kier molecular flexibility index (Phi) is 7.03. The highest BCUT2D eigenvalue weighted by Gasteiger charge is 2.34. The van der Waals surface area contributed by atoms with Gasteiger partial charge in [0.25, 0.3) is 0 Å². The second-order valence-electron chi connectivity index (χ2n) is 10.1. The Bertz CT molecular complexity index is 1020. The third-order valence-electron chi connectivity index (χ3n) is 6.37. The van der Waals surface area contributed by atoms with Gasteiger partial charge >= 0.3 is 6.09 Å². The van der Waals surface area contributed by atoms with Gasteiger partial charge in [0.05, 0.1) is 5.25 Å². The molecular weight excluding hydrogens is 432 g/mol. The number of carbonyl (C=O) groups excluding carboxylic acids is 2. The number of benzene rings is 2. The van der Waals surface area contributed by atoms with E-state index in [1.54, 1.807) is 11.8 Å². The van der Waals surface area contributed by atoms with Crippen LogP contribution in [0.4, 0.5) is 4.79 Å². The molecule has 33 heavy (non-hydrogen) atoms. The maximum absolute atomic E-state index is 13.2. The van der Waals surface area contributed by atoms with Gasteiger partial charge in [-0.25, -0.2) is 4.79 Å². The topological polar surface area (TPSA) is 58.6 Å². The maximum Gasteiger partial charge on any atom is 0.407 e. The molecule has 2 heterocycles. The minimum absolute atomic E-state index is 0.0138. The first-order valence-corrected chi connectivity index (χ1v) is 12.7. The van der Waals surface area contributed by atoms with Gasteiger partial charge in [-0.1, -0.05) is 36.4 Å². The summed E-state index contributed by atoms with van der Waals surface area (Å²) in [5, 5.41) is 2.85. The highest BCUT2D eigenvalue weighted by atomic mass is 32.2. The molecule has 0 aliphatic carbocycles. The number of thioether (sulfide) groups is 1. The number of aryl methyl sites for hydroxylation is 1. The second kappa shape index (κ2) is 9.80. The number of nitrogens with one attached hydrogen (secondary N) is 1. The SMILES string of the molecule is Cc1cccc2c1CC(C(=O)N1CCC(c3cccc(CNC(=O)OC(C)(C)C)c3)CC1)S2. The van der Waals surface area contributed by atoms with E-state index in [1.165, 1.54) is 21.6 Å². The Balaban J connectivity index is 1.29. The molecule has 1 unspecified atom stereocenters. The van der Waals surface area contributed by atoms with Crippen LogP contribution in [0, 0.1) is 6.92 Å². The quantitative estimate of drug-likeness (QED) is 0.652. The lowest BCUT2D eigenvalue weighted by Gasteiger charge is -2.33. The third kappa shape index (κ3) is 5.91. The van der Waals surface area contributed by atoms with Crippen LogP contribution in [0.15, 0.2) is 47.4 Å². The molecule has 2 aromatic carbocycles. The minimum atomic E-state index is -0.504. The van der Waals surface area contributed by atoms with E-state index in [9.17, 15) is 9.59 Å². The van der Waals surface area contributed by atoms with E-state index in [1.807, 2.05) is 32.9 Å². The van der Waals surface area contributed by atoms with E-state index in [-0.39, 0.29) is 11.2 Å². The van der Waals surface area contributed by atoms with Crippen LogP contribution in [0.25, 0.3) is 0 Å². The molecule has 4 rings (SSSR count). The molecule has 5 nitrogen and oxygen atoms in total. The molecule has 2 aliphatic rings. The molecule has 2 aromatic rings. The van der Waals surface area contributed by atoms with Crippen LogP contribution in [-0.4, -0.2) is 40.8 Å². The summed E-state index contributed by atoms with van der Waals surface area (Å²) in [7, 11) is 0. The number of carbonyl (C=O) groups is 2. The summed E-state index contributed by atoms with van der Waals surface area (Å²) in [5.41, 5.74) is 4.47. The van der Waals surface area contributed by atoms with E-state index >= 15 is 0 Å². The highest BCUT2D eigenvalue weighted by Crippen LogP contribution is 2.40. The summed E-state index contributed by atoms with van der Waals surface area (Å²) in [6.45, 7) is 9.75. The molecular formula is C27H34N2O3S. The van der Waals surface area contributed by atoms with Gasteiger partial charge in [0.15, 0.2) is 0 Å². The molecule has 176 valence electrons. The first-order chi connectivity index (χ1) is 15.7. The fraction of sp³-hybridized carbons (Fsp3) is 0.481. The van der Waals surface area contributed by atoms with Gasteiger partial charge in [-0.05, 0) is 81.2 Å². The van der Waals surface area contributed by atoms with Gasteiger partial charge in [0, 0.05) is 24.5 Å². The minimum Gasteiger partial charge on any atom is -0.444 e. The number of alkyl carbamates (subject to hydrolysis) is 1. The van der Waals surface area contributed by atoms with E-state index in [4.69, 9.17) is 4.74 Å². The van der Waals surface area contributed by atoms with Crippen molar-refractivity contribution < 1.29 is 14.3 Å². The lowest BCUT2D eigenvalue weighted by molar-refractivity contribution is -0.131. The maximum atomic E-state index is 13.2. The van der Waals surface area contributed by atoms with Crippen molar-refractivity contribution in [1.82, 2.24) is 10.2 Å². The Labute approximate surface area is 201 Å². The van der Waals surface area contributed by atoms with E-state index in [0.29, 0.717) is 12.5 Å². The number of hydrogen-bond donors (Lipinski definition) is 1. The van der Waals surface area contributed by atoms with Gasteiger partial charge < -0.3 is 15.0 Å². The molecule has 0 spiro atoms. The van der Waals surface area contributed by atoms with Crippen LogP contribution in [0.2, 0.25) is 0 Å². The van der Waals surface area contributed by atoms with Crippen molar-refractivity contribution in [2.45, 2.75) is 75.2 Å². The molecule has 0 aromatic heterocycles. The van der Waals surface area contributed by atoms with Crippen LogP contribution in [0.3, 0.4) is 0 Å². The monoisotopic (exact) mass is 466 g/mol. The average Bonchev–Trinajstić information content (AvgIpc) is 3.22. The van der Waals surface area contributed by atoms with Crippen LogP contribution < -0.4 is 5.32 Å². The zero-order chi connectivity index (χ0) is 23.6. The van der Waals surface area contributed by atoms with E-state index in [2.05, 4.69) is 47.5 Å². The number of rotatable bonds is 4. The van der Waals surface area contributed by atoms with Gasteiger partial charge in [0.2, 0.25) is 5.91 Å². The molecule has 1 saturated heterocycles. The predicted molar refractivity (Wildman–Crippen MR) is 133 cm³/mol. The van der Waals surface area contributed by atoms with Crippen molar-refractivity contribution in [3.63, 3.8) is 0 Å². The number of piperidine rings is 1. The van der Waals surface area contributed by atoms with Gasteiger partial charge in [-0.15, -0.1) is 11.8 Å². The molecule has 6 heteroatoms. The van der Waals surface area contributed by atoms with Crippen LogP contribution in [-0.2, 0) is 22.5 Å². The summed E-state index contributed by atoms with van der Waals surface area (Å²) in [4.78, 5) is 28.4. The number of fused-ring (bicyclic) bond motifs is 1. The molecule has 1 fully saturated rings. The molecule has 2 amide bonds. The van der Waals surface area contributed by atoms with Crippen molar-refractivity contribution in [3.8, 4) is 0 Å². The zero-order valence-electron chi connectivity index (χ0n) is 20.0. The molecule has 0 saturated carbocycles. The van der Waals surface area contributed by atoms with Crippen molar-refractivity contribution >= 4 is 23.8 Å². The highest BCUT2D eigenvalue weighted by molar-refractivity contribution is 8.01. The molecule has 1 N–H and O–H groups in total. The fourth-order valence-electron chi connectivity index (χ4n) is 4.65. The van der Waals surface area contributed by atoms with Crippen LogP contribution in [0.5, 0.6) is 0 Å². The van der Waals surface area contributed by atoms with Crippen molar-refractivity contribution in [3.05, 3.63) is 64.7 Å². The Morgan fingerprint density at radius 1 is 1.12 bits per heavy atom. The fourth-order valence-corrected chi connectivity index (χ4v) is 6.00. The second-order valence-corrected chi connectivity index (χ2v) is 11.3. The number of ether oxygens (including phenoxy) is 1. The summed E-state index contributed by atoms with van der Waals surface area (Å²) >= 11 is 1.73. The number of hydrogen-bond acceptors (Lipinski definition) is 4. The Morgan fingerprint density at radius 2 is 1.85 bits per heavy atom. The van der Waals surface area contributed by atoms with Crippen molar-refractivity contribution in [1.29, 1.82) is 0 Å². The third-order valence-corrected chi connectivity index (χ3v) is 7.66. The van der Waals surface area contributed by atoms with E-state index in [0.717, 1.165) is 37.9 Å². The lowest BCUT2D eigenvalue weighted by Crippen LogP contribution is -2.42. The molecule has 0 bridgehead atoms. The van der Waals surface area contributed by atoms with Crippen molar-refractivity contribution in [2.75, 3.05) is 13.1 Å². The molecule has 0 radical (unpaired) electrons. The van der Waals surface area contributed by atoms with Crippen LogP contribution in [0.1, 0.15) is 61.8 Å². The smallest absolute Gasteiger partial charge is 0.407 e. The first-order valence-electron chi connectivity index (χ1n) is 11.8. The van der Waals surface area contributed by atoms with Gasteiger partial charge in [-0.2, -0.15) is 0 Å². The standard InChI is InChI=1S/C27H34N2O3S/c1-18-7-5-10-23-22(18)16-24(33-23)25(30)29-13-11-20(12-14-29)21-9-6-8-19(15-21)17-28-26(31)32-27(2,3)4/h5-10,15,20,24H,11-14,16-17H2,1-4H3,(H,28,31). The summed E-state index contributed by atoms with van der Waals surface area (Å²) in [6.07, 6.45) is 2.38. The zero-order valence-corrected chi connectivity index (χ0v) is 20.8. The van der Waals surface area contributed by atoms with Gasteiger partial charge in [0.1, 0.15) is 5.60 Å². The van der Waals surface area contributed by atoms with E-state index < -0.39 is 11.7 Å². The Hall–Kier alpha value is -2.47. The van der Waals surface area contributed by atoms with Crippen molar-refractivity contribution in [2.24, 2.45) is 0 Å².